The van der Waals surface area contributed by atoms with Gasteiger partial charge in [-0.25, -0.2) is 12.8 Å². The third-order valence-corrected chi connectivity index (χ3v) is 7.97. The Kier molecular flexibility index (Phi) is 7.45. The summed E-state index contributed by atoms with van der Waals surface area (Å²) < 4.78 is 41.8. The first-order valence-electron chi connectivity index (χ1n) is 11.9. The summed E-state index contributed by atoms with van der Waals surface area (Å²) >= 11 is 0. The van der Waals surface area contributed by atoms with Crippen LogP contribution in [-0.2, 0) is 26.9 Å². The molecule has 0 saturated carbocycles. The van der Waals surface area contributed by atoms with Gasteiger partial charge in [-0.3, -0.25) is 4.79 Å². The minimum atomic E-state index is -3.78. The van der Waals surface area contributed by atoms with Crippen molar-refractivity contribution in [2.45, 2.75) is 38.0 Å². The molecule has 1 heterocycles. The Morgan fingerprint density at radius 1 is 1.00 bits per heavy atom. The average Bonchev–Trinajstić information content (AvgIpc) is 3.20. The molecule has 1 N–H and O–H groups in total. The molecule has 0 bridgehead atoms. The van der Waals surface area contributed by atoms with Crippen molar-refractivity contribution in [3.8, 4) is 0 Å². The van der Waals surface area contributed by atoms with Crippen molar-refractivity contribution in [3.05, 3.63) is 89.9 Å². The van der Waals surface area contributed by atoms with Gasteiger partial charge < -0.3 is 14.8 Å². The molecule has 0 aliphatic carbocycles. The van der Waals surface area contributed by atoms with Crippen LogP contribution in [0.5, 0.6) is 0 Å². The Morgan fingerprint density at radius 3 is 2.44 bits per heavy atom. The molecule has 0 fully saturated rings. The number of halogens is 1. The number of rotatable bonds is 9. The maximum atomic E-state index is 13.6. The number of aryl methyl sites for hydroxylation is 1. The zero-order valence-electron chi connectivity index (χ0n) is 20.7. The van der Waals surface area contributed by atoms with E-state index >= 15 is 0 Å². The molecule has 0 unspecified atom stereocenters. The molecule has 1 amide bonds. The summed E-state index contributed by atoms with van der Waals surface area (Å²) in [6.45, 7) is 7.89. The van der Waals surface area contributed by atoms with E-state index < -0.39 is 15.7 Å². The second-order valence-corrected chi connectivity index (χ2v) is 10.7. The van der Waals surface area contributed by atoms with E-state index in [0.717, 1.165) is 24.3 Å². The molecule has 1 aromatic heterocycles. The Labute approximate surface area is 211 Å². The van der Waals surface area contributed by atoms with Crippen molar-refractivity contribution < 1.29 is 17.6 Å². The Balaban J connectivity index is 1.58. The molecule has 4 rings (SSSR count). The van der Waals surface area contributed by atoms with Crippen molar-refractivity contribution in [1.29, 1.82) is 0 Å². The highest BCUT2D eigenvalue weighted by Crippen LogP contribution is 2.29. The lowest BCUT2D eigenvalue weighted by molar-refractivity contribution is -0.116. The third-order valence-electron chi connectivity index (χ3n) is 6.26. The van der Waals surface area contributed by atoms with Crippen LogP contribution in [0.3, 0.4) is 0 Å². The summed E-state index contributed by atoms with van der Waals surface area (Å²) in [5.41, 5.74) is 3.77. The highest BCUT2D eigenvalue weighted by molar-refractivity contribution is 7.90. The first-order valence-corrected chi connectivity index (χ1v) is 13.6. The minimum Gasteiger partial charge on any atom is -0.372 e. The molecule has 0 saturated heterocycles. The van der Waals surface area contributed by atoms with Crippen molar-refractivity contribution in [2.24, 2.45) is 0 Å². The van der Waals surface area contributed by atoms with E-state index in [1.165, 1.54) is 24.4 Å². The number of nitrogens with one attached hydrogen (secondary N) is 1. The maximum absolute atomic E-state index is 13.6. The second-order valence-electron chi connectivity index (χ2n) is 8.75. The lowest BCUT2D eigenvalue weighted by Gasteiger charge is -2.22. The monoisotopic (exact) mass is 507 g/mol. The van der Waals surface area contributed by atoms with Crippen LogP contribution in [0.25, 0.3) is 10.9 Å². The number of benzene rings is 3. The fourth-order valence-electron chi connectivity index (χ4n) is 4.43. The number of aromatic nitrogens is 1. The summed E-state index contributed by atoms with van der Waals surface area (Å²) in [6, 6.07) is 18.6. The topological polar surface area (TPSA) is 71.4 Å². The van der Waals surface area contributed by atoms with E-state index in [9.17, 15) is 17.6 Å². The minimum absolute atomic E-state index is 0.0484. The number of hydrogen-bond acceptors (Lipinski definition) is 4. The van der Waals surface area contributed by atoms with E-state index in [4.69, 9.17) is 0 Å². The Bertz CT molecular complexity index is 1510. The van der Waals surface area contributed by atoms with Crippen molar-refractivity contribution in [2.75, 3.05) is 23.3 Å². The number of hydrogen-bond donors (Lipinski definition) is 1. The van der Waals surface area contributed by atoms with Crippen LogP contribution >= 0.6 is 0 Å². The molecule has 0 aliphatic rings. The van der Waals surface area contributed by atoms with Crippen LogP contribution in [0.15, 0.2) is 77.8 Å². The summed E-state index contributed by atoms with van der Waals surface area (Å²) in [7, 11) is -3.78. The highest BCUT2D eigenvalue weighted by Gasteiger charge is 2.23. The molecular formula is C28H30FN3O3S. The van der Waals surface area contributed by atoms with E-state index in [1.807, 2.05) is 25.1 Å². The molecule has 0 aliphatic heterocycles. The summed E-state index contributed by atoms with van der Waals surface area (Å²) in [5.74, 6) is -1.07. The van der Waals surface area contributed by atoms with Crippen LogP contribution in [0.1, 0.15) is 25.0 Å². The zero-order valence-corrected chi connectivity index (χ0v) is 21.5. The van der Waals surface area contributed by atoms with Gasteiger partial charge in [0.15, 0.2) is 9.84 Å². The first kappa shape index (κ1) is 25.4. The van der Waals surface area contributed by atoms with Crippen LogP contribution in [0.4, 0.5) is 15.8 Å². The largest absolute Gasteiger partial charge is 0.372 e. The standard InChI is InChI=1S/C28H30FN3O3S/c1-4-31(5-2)23-13-14-25(20(3)15-23)30-28(33)18-32-17-27(24-11-6-7-12-26(24)32)36(34,35)19-21-9-8-10-22(29)16-21/h6-17H,4-5,18-19H2,1-3H3,(H,30,33). The number of sulfone groups is 1. The van der Waals surface area contributed by atoms with Gasteiger partial charge >= 0.3 is 0 Å². The average molecular weight is 508 g/mol. The van der Waals surface area contributed by atoms with E-state index in [-0.39, 0.29) is 23.1 Å². The summed E-state index contributed by atoms with van der Waals surface area (Å²) in [4.78, 5) is 15.3. The summed E-state index contributed by atoms with van der Waals surface area (Å²) in [6.07, 6.45) is 1.50. The molecule has 36 heavy (non-hydrogen) atoms. The van der Waals surface area contributed by atoms with Crippen LogP contribution in [-0.4, -0.2) is 32.0 Å². The van der Waals surface area contributed by atoms with Gasteiger partial charge in [-0.1, -0.05) is 30.3 Å². The number of anilines is 2. The number of carbonyl (C=O) groups is 1. The molecule has 6 nitrogen and oxygen atoms in total. The third kappa shape index (κ3) is 5.44. The first-order chi connectivity index (χ1) is 17.2. The number of nitrogens with zero attached hydrogens (tertiary/aromatic N) is 2. The van der Waals surface area contributed by atoms with Gasteiger partial charge in [0.05, 0.1) is 10.6 Å². The maximum Gasteiger partial charge on any atom is 0.244 e. The normalized spacial score (nSPS) is 11.6. The predicted octanol–water partition coefficient (Wildman–Crippen LogP) is 5.55. The molecule has 0 radical (unpaired) electrons. The fraction of sp³-hybridized carbons (Fsp3) is 0.250. The molecule has 0 atom stereocenters. The van der Waals surface area contributed by atoms with Gasteiger partial charge in [0.1, 0.15) is 12.4 Å². The fourth-order valence-corrected chi connectivity index (χ4v) is 6.00. The van der Waals surface area contributed by atoms with Crippen molar-refractivity contribution in [1.82, 2.24) is 4.57 Å². The zero-order chi connectivity index (χ0) is 25.9. The molecule has 3 aromatic carbocycles. The van der Waals surface area contributed by atoms with Crippen molar-refractivity contribution in [3.63, 3.8) is 0 Å². The lowest BCUT2D eigenvalue weighted by Crippen LogP contribution is -2.22. The van der Waals surface area contributed by atoms with E-state index in [1.54, 1.807) is 34.9 Å². The molecule has 0 spiro atoms. The van der Waals surface area contributed by atoms with Gasteiger partial charge in [0.2, 0.25) is 5.91 Å². The highest BCUT2D eigenvalue weighted by atomic mass is 32.2. The number of amides is 1. The molecule has 8 heteroatoms. The van der Waals surface area contributed by atoms with Crippen LogP contribution in [0.2, 0.25) is 0 Å². The van der Waals surface area contributed by atoms with Gasteiger partial charge in [-0.2, -0.15) is 0 Å². The Hall–Kier alpha value is -3.65. The van der Waals surface area contributed by atoms with Crippen LogP contribution < -0.4 is 10.2 Å². The van der Waals surface area contributed by atoms with Gasteiger partial charge in [0.25, 0.3) is 0 Å². The van der Waals surface area contributed by atoms with Crippen LogP contribution in [0, 0.1) is 12.7 Å². The number of para-hydroxylation sites is 1. The Morgan fingerprint density at radius 2 is 1.75 bits per heavy atom. The number of carbonyl (C=O) groups excluding carboxylic acids is 1. The van der Waals surface area contributed by atoms with Gasteiger partial charge in [0, 0.05) is 41.6 Å². The molecular weight excluding hydrogens is 477 g/mol. The molecule has 4 aromatic rings. The quantitative estimate of drug-likeness (QED) is 0.323. The number of fused-ring (bicyclic) bond motifs is 1. The lowest BCUT2D eigenvalue weighted by atomic mass is 10.1. The molecule has 188 valence electrons. The summed E-state index contributed by atoms with van der Waals surface area (Å²) in [5, 5.41) is 3.48. The van der Waals surface area contributed by atoms with E-state index in [0.29, 0.717) is 22.2 Å². The van der Waals surface area contributed by atoms with Gasteiger partial charge in [-0.05, 0) is 68.3 Å². The SMILES string of the molecule is CCN(CC)c1ccc(NC(=O)Cn2cc(S(=O)(=O)Cc3cccc(F)c3)c3ccccc32)c(C)c1. The van der Waals surface area contributed by atoms with Gasteiger partial charge in [-0.15, -0.1) is 0 Å². The van der Waals surface area contributed by atoms with E-state index in [2.05, 4.69) is 24.1 Å². The second kappa shape index (κ2) is 10.5. The van der Waals surface area contributed by atoms with Crippen molar-refractivity contribution >= 4 is 38.0 Å². The smallest absolute Gasteiger partial charge is 0.244 e. The predicted molar refractivity (Wildman–Crippen MR) is 143 cm³/mol.